The SMILES string of the molecule is Nc1cnc(-c2ccc3c(=O)[nH]ccc3c2)c(-c2ccccc2)n1. The van der Waals surface area contributed by atoms with E-state index in [4.69, 9.17) is 5.73 Å². The molecule has 2 heterocycles. The smallest absolute Gasteiger partial charge is 0.255 e. The number of fused-ring (bicyclic) bond motifs is 1. The van der Waals surface area contributed by atoms with Gasteiger partial charge in [0.05, 0.1) is 17.6 Å². The number of nitrogens with zero attached hydrogens (tertiary/aromatic N) is 2. The fourth-order valence-electron chi connectivity index (χ4n) is 2.75. The summed E-state index contributed by atoms with van der Waals surface area (Å²) in [5, 5.41) is 1.50. The molecule has 0 spiro atoms. The van der Waals surface area contributed by atoms with Crippen molar-refractivity contribution >= 4 is 16.6 Å². The first-order valence-electron chi connectivity index (χ1n) is 7.52. The van der Waals surface area contributed by atoms with E-state index in [0.29, 0.717) is 11.2 Å². The van der Waals surface area contributed by atoms with Crippen molar-refractivity contribution in [2.75, 3.05) is 5.73 Å². The van der Waals surface area contributed by atoms with Crippen LogP contribution in [0.25, 0.3) is 33.3 Å². The van der Waals surface area contributed by atoms with Gasteiger partial charge in [0.2, 0.25) is 0 Å². The minimum atomic E-state index is -0.106. The van der Waals surface area contributed by atoms with Gasteiger partial charge in [0.15, 0.2) is 0 Å². The standard InChI is InChI=1S/C19H14N4O/c20-16-11-22-17(18(23-16)12-4-2-1-3-5-12)14-6-7-15-13(10-14)8-9-21-19(15)24/h1-11H,(H2,20,23)(H,21,24). The summed E-state index contributed by atoms with van der Waals surface area (Å²) in [4.78, 5) is 23.5. The minimum absolute atomic E-state index is 0.106. The van der Waals surface area contributed by atoms with Crippen LogP contribution in [0.4, 0.5) is 5.82 Å². The molecule has 5 heteroatoms. The summed E-state index contributed by atoms with van der Waals surface area (Å²) in [5.74, 6) is 0.370. The van der Waals surface area contributed by atoms with Crippen LogP contribution in [0.3, 0.4) is 0 Å². The first kappa shape index (κ1) is 14.1. The molecule has 0 fully saturated rings. The summed E-state index contributed by atoms with van der Waals surface area (Å²) in [6.07, 6.45) is 3.19. The second-order valence-electron chi connectivity index (χ2n) is 5.47. The van der Waals surface area contributed by atoms with E-state index in [2.05, 4.69) is 15.0 Å². The fourth-order valence-corrected chi connectivity index (χ4v) is 2.75. The number of aromatic amines is 1. The summed E-state index contributed by atoms with van der Waals surface area (Å²) in [6.45, 7) is 0. The lowest BCUT2D eigenvalue weighted by Crippen LogP contribution is -2.04. The Balaban J connectivity index is 1.96. The van der Waals surface area contributed by atoms with Gasteiger partial charge in [0, 0.05) is 22.7 Å². The van der Waals surface area contributed by atoms with E-state index >= 15 is 0 Å². The van der Waals surface area contributed by atoms with Gasteiger partial charge in [0.25, 0.3) is 5.56 Å². The van der Waals surface area contributed by atoms with Crippen molar-refractivity contribution in [3.63, 3.8) is 0 Å². The van der Waals surface area contributed by atoms with Crippen LogP contribution in [0.15, 0.2) is 71.8 Å². The Morgan fingerprint density at radius 1 is 0.917 bits per heavy atom. The van der Waals surface area contributed by atoms with Gasteiger partial charge in [-0.05, 0) is 23.6 Å². The molecule has 4 aromatic rings. The fraction of sp³-hybridized carbons (Fsp3) is 0. The van der Waals surface area contributed by atoms with Gasteiger partial charge in [-0.3, -0.25) is 9.78 Å². The molecule has 116 valence electrons. The lowest BCUT2D eigenvalue weighted by Gasteiger charge is -2.10. The van der Waals surface area contributed by atoms with Gasteiger partial charge in [0.1, 0.15) is 5.82 Å². The lowest BCUT2D eigenvalue weighted by molar-refractivity contribution is 1.22. The topological polar surface area (TPSA) is 84.7 Å². The molecule has 2 aromatic carbocycles. The van der Waals surface area contributed by atoms with Crippen molar-refractivity contribution in [2.24, 2.45) is 0 Å². The molecule has 0 amide bonds. The third kappa shape index (κ3) is 2.42. The Morgan fingerprint density at radius 3 is 2.58 bits per heavy atom. The Kier molecular flexibility index (Phi) is 3.31. The summed E-state index contributed by atoms with van der Waals surface area (Å²) < 4.78 is 0. The van der Waals surface area contributed by atoms with Crippen molar-refractivity contribution in [2.45, 2.75) is 0 Å². The largest absolute Gasteiger partial charge is 0.382 e. The average Bonchev–Trinajstić information content (AvgIpc) is 2.62. The number of anilines is 1. The van der Waals surface area contributed by atoms with Gasteiger partial charge in [-0.15, -0.1) is 0 Å². The third-order valence-corrected chi connectivity index (χ3v) is 3.89. The lowest BCUT2D eigenvalue weighted by atomic mass is 10.0. The average molecular weight is 314 g/mol. The van der Waals surface area contributed by atoms with Crippen molar-refractivity contribution in [1.29, 1.82) is 0 Å². The van der Waals surface area contributed by atoms with E-state index in [9.17, 15) is 4.79 Å². The number of nitrogens with one attached hydrogen (secondary N) is 1. The number of rotatable bonds is 2. The zero-order chi connectivity index (χ0) is 16.5. The van der Waals surface area contributed by atoms with Crippen LogP contribution in [0.2, 0.25) is 0 Å². The van der Waals surface area contributed by atoms with Crippen LogP contribution in [0.1, 0.15) is 0 Å². The monoisotopic (exact) mass is 314 g/mol. The highest BCUT2D eigenvalue weighted by Gasteiger charge is 2.12. The van der Waals surface area contributed by atoms with E-state index in [0.717, 1.165) is 27.9 Å². The Labute approximate surface area is 137 Å². The first-order chi connectivity index (χ1) is 11.7. The minimum Gasteiger partial charge on any atom is -0.382 e. The highest BCUT2D eigenvalue weighted by molar-refractivity contribution is 5.88. The molecule has 24 heavy (non-hydrogen) atoms. The predicted molar refractivity (Wildman–Crippen MR) is 95.4 cm³/mol. The Morgan fingerprint density at radius 2 is 1.75 bits per heavy atom. The highest BCUT2D eigenvalue weighted by Crippen LogP contribution is 2.30. The van der Waals surface area contributed by atoms with Crippen LogP contribution < -0.4 is 11.3 Å². The molecule has 0 aliphatic heterocycles. The van der Waals surface area contributed by atoms with E-state index < -0.39 is 0 Å². The number of hydrogen-bond acceptors (Lipinski definition) is 4. The number of hydrogen-bond donors (Lipinski definition) is 2. The van der Waals surface area contributed by atoms with E-state index in [1.165, 1.54) is 0 Å². The highest BCUT2D eigenvalue weighted by atomic mass is 16.1. The molecule has 0 radical (unpaired) electrons. The maximum atomic E-state index is 11.9. The molecule has 3 N–H and O–H groups in total. The number of pyridine rings is 1. The van der Waals surface area contributed by atoms with Crippen LogP contribution in [0.5, 0.6) is 0 Å². The van der Waals surface area contributed by atoms with Gasteiger partial charge in [-0.1, -0.05) is 36.4 Å². The van der Waals surface area contributed by atoms with Gasteiger partial charge in [-0.2, -0.15) is 0 Å². The zero-order valence-corrected chi connectivity index (χ0v) is 12.7. The number of nitrogens with two attached hydrogens (primary N) is 1. The van der Waals surface area contributed by atoms with Crippen molar-refractivity contribution in [3.8, 4) is 22.5 Å². The normalized spacial score (nSPS) is 10.8. The van der Waals surface area contributed by atoms with Gasteiger partial charge >= 0.3 is 0 Å². The second kappa shape index (κ2) is 5.62. The van der Waals surface area contributed by atoms with Crippen LogP contribution in [-0.4, -0.2) is 15.0 Å². The second-order valence-corrected chi connectivity index (χ2v) is 5.47. The maximum Gasteiger partial charge on any atom is 0.255 e. The number of nitrogen functional groups attached to an aromatic ring is 1. The molecule has 0 saturated heterocycles. The summed E-state index contributed by atoms with van der Waals surface area (Å²) >= 11 is 0. The molecule has 0 unspecified atom stereocenters. The molecule has 0 aliphatic rings. The summed E-state index contributed by atoms with van der Waals surface area (Å²) in [7, 11) is 0. The van der Waals surface area contributed by atoms with Crippen LogP contribution in [0, 0.1) is 0 Å². The number of H-pyrrole nitrogens is 1. The molecule has 0 aliphatic carbocycles. The van der Waals surface area contributed by atoms with Crippen molar-refractivity contribution in [3.05, 3.63) is 77.3 Å². The van der Waals surface area contributed by atoms with Crippen LogP contribution >= 0.6 is 0 Å². The summed E-state index contributed by atoms with van der Waals surface area (Å²) in [5.41, 5.74) is 9.02. The Hall–Kier alpha value is -3.47. The predicted octanol–water partition coefficient (Wildman–Crippen LogP) is 3.23. The van der Waals surface area contributed by atoms with Gasteiger partial charge < -0.3 is 10.7 Å². The van der Waals surface area contributed by atoms with E-state index in [1.807, 2.05) is 48.5 Å². The van der Waals surface area contributed by atoms with Crippen molar-refractivity contribution in [1.82, 2.24) is 15.0 Å². The third-order valence-electron chi connectivity index (χ3n) is 3.89. The van der Waals surface area contributed by atoms with Crippen molar-refractivity contribution < 1.29 is 0 Å². The van der Waals surface area contributed by atoms with Crippen LogP contribution in [-0.2, 0) is 0 Å². The van der Waals surface area contributed by atoms with E-state index in [1.54, 1.807) is 18.5 Å². The molecular weight excluding hydrogens is 300 g/mol. The molecule has 2 aromatic heterocycles. The molecular formula is C19H14N4O. The zero-order valence-electron chi connectivity index (χ0n) is 12.7. The Bertz CT molecular complexity index is 1090. The number of benzene rings is 2. The number of aromatic nitrogens is 3. The molecule has 0 bridgehead atoms. The quantitative estimate of drug-likeness (QED) is 0.595. The molecule has 0 atom stereocenters. The maximum absolute atomic E-state index is 11.9. The van der Waals surface area contributed by atoms with E-state index in [-0.39, 0.29) is 5.56 Å². The molecule has 4 rings (SSSR count). The van der Waals surface area contributed by atoms with Gasteiger partial charge in [-0.25, -0.2) is 4.98 Å². The summed E-state index contributed by atoms with van der Waals surface area (Å²) in [6, 6.07) is 17.3. The first-order valence-corrected chi connectivity index (χ1v) is 7.52. The molecule has 0 saturated carbocycles. The molecule has 5 nitrogen and oxygen atoms in total.